The van der Waals surface area contributed by atoms with Crippen LogP contribution in [-0.2, 0) is 23.4 Å². The van der Waals surface area contributed by atoms with Crippen molar-refractivity contribution < 1.29 is 33.0 Å². The predicted molar refractivity (Wildman–Crippen MR) is 136 cm³/mol. The molecule has 1 fully saturated rings. The maximum absolute atomic E-state index is 13.8. The molecule has 6 N–H and O–H groups in total. The van der Waals surface area contributed by atoms with Crippen molar-refractivity contribution >= 4 is 25.3 Å². The number of nitrogens with two attached hydrogens (primary N) is 2. The predicted octanol–water partition coefficient (Wildman–Crippen LogP) is 1.36. The van der Waals surface area contributed by atoms with E-state index in [1.165, 1.54) is 24.0 Å². The fourth-order valence-electron chi connectivity index (χ4n) is 4.03. The van der Waals surface area contributed by atoms with Gasteiger partial charge >= 0.3 is 13.7 Å². The number of nitrogens with zero attached hydrogens (tertiary/aromatic N) is 4. The minimum absolute atomic E-state index is 0.119. The fraction of sp³-hybridized carbons (Fsp3) is 0.478. The number of carbonyl (C=O) groups excluding carboxylic acids is 1. The zero-order valence-electron chi connectivity index (χ0n) is 21.4. The van der Waals surface area contributed by atoms with E-state index in [9.17, 15) is 14.5 Å². The minimum Gasteiger partial charge on any atom is -0.462 e. The molecular formula is C23H32N7O7P. The van der Waals surface area contributed by atoms with Crippen molar-refractivity contribution in [3.05, 3.63) is 48.4 Å². The Morgan fingerprint density at radius 1 is 1.29 bits per heavy atom. The summed E-state index contributed by atoms with van der Waals surface area (Å²) >= 11 is 0. The van der Waals surface area contributed by atoms with E-state index < -0.39 is 43.6 Å². The summed E-state index contributed by atoms with van der Waals surface area (Å²) in [4.78, 5) is 20.5. The number of esters is 1. The molecule has 0 spiro atoms. The number of fused-ring (bicyclic) bond motifs is 1. The monoisotopic (exact) mass is 549 g/mol. The minimum atomic E-state index is -4.18. The van der Waals surface area contributed by atoms with Crippen molar-refractivity contribution in [2.75, 3.05) is 12.3 Å². The van der Waals surface area contributed by atoms with Gasteiger partial charge in [0.15, 0.2) is 5.65 Å². The van der Waals surface area contributed by atoms with Gasteiger partial charge in [-0.3, -0.25) is 9.32 Å². The first-order valence-electron chi connectivity index (χ1n) is 12.0. The Labute approximate surface area is 219 Å². The lowest BCUT2D eigenvalue weighted by molar-refractivity contribution is -0.149. The number of hydrogen-bond acceptors (Lipinski definition) is 12. The quantitative estimate of drug-likeness (QED) is 0.209. The third-order valence-electron chi connectivity index (χ3n) is 5.94. The zero-order chi connectivity index (χ0) is 27.7. The number of anilines is 1. The van der Waals surface area contributed by atoms with Gasteiger partial charge in [-0.15, -0.1) is 0 Å². The fourth-order valence-corrected chi connectivity index (χ4v) is 5.53. The number of para-hydroxylation sites is 1. The van der Waals surface area contributed by atoms with Crippen LogP contribution >= 0.6 is 7.75 Å². The summed E-state index contributed by atoms with van der Waals surface area (Å²) in [5.41, 5.74) is 11.9. The van der Waals surface area contributed by atoms with E-state index in [0.29, 0.717) is 11.2 Å². The van der Waals surface area contributed by atoms with Crippen LogP contribution in [0.4, 0.5) is 5.95 Å². The summed E-state index contributed by atoms with van der Waals surface area (Å²) in [5, 5.41) is 17.8. The molecule has 0 radical (unpaired) electrons. The van der Waals surface area contributed by atoms with E-state index in [4.69, 9.17) is 30.0 Å². The van der Waals surface area contributed by atoms with Gasteiger partial charge in [-0.2, -0.15) is 14.7 Å². The number of rotatable bonds is 10. The zero-order valence-corrected chi connectivity index (χ0v) is 22.3. The number of carbonyl (C=O) groups is 1. The van der Waals surface area contributed by atoms with Gasteiger partial charge in [-0.05, 0) is 39.8 Å². The molecule has 1 aliphatic rings. The summed E-state index contributed by atoms with van der Waals surface area (Å²) in [6.07, 6.45) is -0.723. The Hall–Kier alpha value is -3.13. The molecule has 14 nitrogen and oxygen atoms in total. The highest BCUT2D eigenvalue weighted by atomic mass is 31.2. The Morgan fingerprint density at radius 2 is 2.00 bits per heavy atom. The molecule has 15 heteroatoms. The smallest absolute Gasteiger partial charge is 0.459 e. The summed E-state index contributed by atoms with van der Waals surface area (Å²) in [5.74, 6) is -0.277. The summed E-state index contributed by atoms with van der Waals surface area (Å²) in [6.45, 7) is 6.10. The molecule has 0 bridgehead atoms. The molecule has 4 rings (SSSR count). The lowest BCUT2D eigenvalue weighted by Gasteiger charge is -2.27. The van der Waals surface area contributed by atoms with Crippen molar-refractivity contribution in [2.45, 2.75) is 63.7 Å². The molecule has 6 atom stereocenters. The van der Waals surface area contributed by atoms with Crippen LogP contribution in [-0.4, -0.2) is 67.2 Å². The van der Waals surface area contributed by atoms with Crippen molar-refractivity contribution in [3.63, 3.8) is 0 Å². The molecule has 206 valence electrons. The van der Waals surface area contributed by atoms with Gasteiger partial charge in [-0.1, -0.05) is 18.2 Å². The largest absolute Gasteiger partial charge is 0.462 e. The number of nitrogens with one attached hydrogen (secondary N) is 1. The molecule has 1 aliphatic heterocycles. The van der Waals surface area contributed by atoms with Crippen LogP contribution in [0.5, 0.6) is 5.75 Å². The first kappa shape index (κ1) is 27.9. The summed E-state index contributed by atoms with van der Waals surface area (Å²) in [7, 11) is -4.18. The van der Waals surface area contributed by atoms with E-state index in [-0.39, 0.29) is 24.4 Å². The molecular weight excluding hydrogens is 517 g/mol. The number of hydrogen-bond donors (Lipinski definition) is 4. The number of nitrogen functional groups attached to an aromatic ring is 1. The second-order valence-corrected chi connectivity index (χ2v) is 11.2. The van der Waals surface area contributed by atoms with E-state index in [0.717, 1.165) is 0 Å². The molecule has 0 amide bonds. The third kappa shape index (κ3) is 5.80. The average molecular weight is 550 g/mol. The molecule has 2 unspecified atom stereocenters. The van der Waals surface area contributed by atoms with E-state index in [1.54, 1.807) is 51.1 Å². The topological polar surface area (TPSA) is 198 Å². The molecule has 3 heterocycles. The van der Waals surface area contributed by atoms with E-state index >= 15 is 0 Å². The van der Waals surface area contributed by atoms with Crippen LogP contribution in [0.15, 0.2) is 42.9 Å². The molecule has 0 aliphatic carbocycles. The van der Waals surface area contributed by atoms with Gasteiger partial charge < -0.3 is 30.6 Å². The van der Waals surface area contributed by atoms with Gasteiger partial charge in [0.25, 0.3) is 0 Å². The molecule has 2 aromatic heterocycles. The molecule has 38 heavy (non-hydrogen) atoms. The summed E-state index contributed by atoms with van der Waals surface area (Å²) < 4.78 is 37.7. The lowest BCUT2D eigenvalue weighted by Crippen LogP contribution is -2.51. The molecule has 0 saturated carbocycles. The molecule has 1 saturated heterocycles. The van der Waals surface area contributed by atoms with E-state index in [2.05, 4.69) is 20.2 Å². The number of benzene rings is 1. The van der Waals surface area contributed by atoms with Crippen molar-refractivity contribution in [1.82, 2.24) is 24.7 Å². The van der Waals surface area contributed by atoms with Crippen LogP contribution in [0, 0.1) is 0 Å². The first-order valence-corrected chi connectivity index (χ1v) is 13.5. The van der Waals surface area contributed by atoms with Crippen molar-refractivity contribution in [2.24, 2.45) is 5.73 Å². The Bertz CT molecular complexity index is 1320. The van der Waals surface area contributed by atoms with Gasteiger partial charge in [-0.25, -0.2) is 14.5 Å². The maximum atomic E-state index is 13.8. The highest BCUT2D eigenvalue weighted by Gasteiger charge is 2.53. The lowest BCUT2D eigenvalue weighted by atomic mass is 9.87. The highest BCUT2D eigenvalue weighted by molar-refractivity contribution is 7.52. The van der Waals surface area contributed by atoms with Gasteiger partial charge in [0.2, 0.25) is 5.95 Å². The Balaban J connectivity index is 1.54. The van der Waals surface area contributed by atoms with Crippen LogP contribution < -0.4 is 21.1 Å². The third-order valence-corrected chi connectivity index (χ3v) is 7.58. The second kappa shape index (κ2) is 10.9. The van der Waals surface area contributed by atoms with Crippen LogP contribution in [0.25, 0.3) is 5.65 Å². The SMILES string of the molecule is CC(C)OC(=O)[C@H](C)NP(=O)(OC[C@H]1OC(c2cnn3c(N)ncnc23)[C@](C)(N)[C@@H]1O)Oc1ccccc1. The number of ether oxygens (including phenoxy) is 2. The maximum Gasteiger partial charge on any atom is 0.459 e. The average Bonchev–Trinajstić information content (AvgIpc) is 3.37. The van der Waals surface area contributed by atoms with Crippen LogP contribution in [0.1, 0.15) is 39.4 Å². The Morgan fingerprint density at radius 3 is 2.68 bits per heavy atom. The normalized spacial score (nSPS) is 25.8. The van der Waals surface area contributed by atoms with E-state index in [1.807, 2.05) is 0 Å². The van der Waals surface area contributed by atoms with Crippen LogP contribution in [0.2, 0.25) is 0 Å². The van der Waals surface area contributed by atoms with Gasteiger partial charge in [0, 0.05) is 5.56 Å². The number of aromatic nitrogens is 4. The van der Waals surface area contributed by atoms with Crippen molar-refractivity contribution in [1.29, 1.82) is 0 Å². The molecule has 3 aromatic rings. The first-order chi connectivity index (χ1) is 17.9. The Kier molecular flexibility index (Phi) is 8.02. The molecule has 1 aromatic carbocycles. The standard InChI is InChI=1S/C23H32N7O7P/c1-13(2)35-21(32)14(3)29-38(33,37-15-8-6-5-7-9-15)34-11-17-18(31)23(4,25)19(36-17)16-10-28-30-20(16)26-12-27-22(30)24/h5-10,12-14,17-19,31H,11,25H2,1-4H3,(H,29,33)(H2,24,26,27)/t14-,17+,18+,19?,23+,38?/m0/s1. The van der Waals surface area contributed by atoms with Gasteiger partial charge in [0.05, 0.1) is 24.4 Å². The second-order valence-electron chi connectivity index (χ2n) is 9.47. The van der Waals surface area contributed by atoms with Crippen LogP contribution in [0.3, 0.4) is 0 Å². The van der Waals surface area contributed by atoms with Gasteiger partial charge in [0.1, 0.15) is 36.4 Å². The number of aliphatic hydroxyl groups excluding tert-OH is 1. The van der Waals surface area contributed by atoms with Crippen molar-refractivity contribution in [3.8, 4) is 5.75 Å². The summed E-state index contributed by atoms with van der Waals surface area (Å²) in [6, 6.07) is 7.29. The highest BCUT2D eigenvalue weighted by Crippen LogP contribution is 2.47. The number of aliphatic hydroxyl groups is 1.